The Balaban J connectivity index is 1.55. The molecule has 1 aromatic heterocycles. The molecule has 3 rings (SSSR count). The fourth-order valence-electron chi connectivity index (χ4n) is 3.14. The normalized spacial score (nSPS) is 10.6. The third-order valence-corrected chi connectivity index (χ3v) is 6.09. The van der Waals surface area contributed by atoms with Gasteiger partial charge in [-0.15, -0.1) is 16.8 Å². The average molecular weight is 500 g/mol. The van der Waals surface area contributed by atoms with Crippen LogP contribution in [0.25, 0.3) is 0 Å². The number of amides is 2. The van der Waals surface area contributed by atoms with Crippen LogP contribution in [-0.2, 0) is 17.8 Å². The van der Waals surface area contributed by atoms with E-state index in [4.69, 9.17) is 16.3 Å². The Kier molecular flexibility index (Phi) is 9.12. The number of aromatic nitrogens is 3. The summed E-state index contributed by atoms with van der Waals surface area (Å²) in [6, 6.07) is 12.2. The van der Waals surface area contributed by atoms with E-state index in [0.29, 0.717) is 46.8 Å². The van der Waals surface area contributed by atoms with E-state index in [1.54, 1.807) is 55.7 Å². The number of anilines is 1. The first-order valence-corrected chi connectivity index (χ1v) is 11.9. The zero-order chi connectivity index (χ0) is 24.5. The molecule has 0 atom stereocenters. The first-order chi connectivity index (χ1) is 16.4. The van der Waals surface area contributed by atoms with E-state index in [1.165, 1.54) is 11.8 Å². The van der Waals surface area contributed by atoms with Crippen LogP contribution in [0.15, 0.2) is 60.3 Å². The lowest BCUT2D eigenvalue weighted by atomic mass is 10.2. The molecule has 178 valence electrons. The molecule has 0 spiro atoms. The quantitative estimate of drug-likeness (QED) is 0.304. The molecule has 2 amide bonds. The molecule has 0 saturated heterocycles. The summed E-state index contributed by atoms with van der Waals surface area (Å²) in [6.07, 6.45) is 2.23. The third kappa shape index (κ3) is 6.85. The number of halogens is 1. The van der Waals surface area contributed by atoms with Crippen molar-refractivity contribution in [2.75, 3.05) is 24.7 Å². The number of aryl methyl sites for hydroxylation is 1. The second kappa shape index (κ2) is 12.2. The van der Waals surface area contributed by atoms with Crippen molar-refractivity contribution in [2.45, 2.75) is 25.0 Å². The lowest BCUT2D eigenvalue weighted by molar-refractivity contribution is -0.113. The summed E-state index contributed by atoms with van der Waals surface area (Å²) in [5.41, 5.74) is 2.15. The van der Waals surface area contributed by atoms with Crippen molar-refractivity contribution in [1.29, 1.82) is 0 Å². The number of nitrogens with zero attached hydrogens (tertiary/aromatic N) is 3. The van der Waals surface area contributed by atoms with Crippen LogP contribution in [0, 0.1) is 6.92 Å². The lowest BCUT2D eigenvalue weighted by Gasteiger charge is -2.10. The van der Waals surface area contributed by atoms with Crippen LogP contribution < -0.4 is 15.4 Å². The van der Waals surface area contributed by atoms with E-state index in [0.717, 1.165) is 11.3 Å². The van der Waals surface area contributed by atoms with Crippen molar-refractivity contribution in [3.05, 3.63) is 77.1 Å². The van der Waals surface area contributed by atoms with Gasteiger partial charge in [-0.3, -0.25) is 9.59 Å². The minimum atomic E-state index is -0.179. The number of hydrogen-bond donors (Lipinski definition) is 2. The van der Waals surface area contributed by atoms with Crippen LogP contribution in [-0.4, -0.2) is 46.0 Å². The Morgan fingerprint density at radius 1 is 1.21 bits per heavy atom. The number of ether oxygens (including phenoxy) is 1. The van der Waals surface area contributed by atoms with Gasteiger partial charge in [0, 0.05) is 35.8 Å². The number of nitrogens with one attached hydrogen (secondary N) is 2. The molecular formula is C24H26ClN5O3S. The first-order valence-electron chi connectivity index (χ1n) is 10.5. The van der Waals surface area contributed by atoms with Crippen LogP contribution in [0.4, 0.5) is 5.69 Å². The third-order valence-electron chi connectivity index (χ3n) is 4.89. The van der Waals surface area contributed by atoms with Crippen LogP contribution in [0.2, 0.25) is 5.02 Å². The number of hydrogen-bond acceptors (Lipinski definition) is 6. The molecule has 2 aromatic carbocycles. The summed E-state index contributed by atoms with van der Waals surface area (Å²) < 4.78 is 7.00. The second-order valence-electron chi connectivity index (χ2n) is 7.33. The highest BCUT2D eigenvalue weighted by atomic mass is 35.5. The fraction of sp³-hybridized carbons (Fsp3) is 0.250. The van der Waals surface area contributed by atoms with E-state index in [9.17, 15) is 9.59 Å². The van der Waals surface area contributed by atoms with Gasteiger partial charge in [-0.25, -0.2) is 0 Å². The van der Waals surface area contributed by atoms with Crippen molar-refractivity contribution in [3.8, 4) is 5.75 Å². The first kappa shape index (κ1) is 25.3. The molecule has 3 aromatic rings. The summed E-state index contributed by atoms with van der Waals surface area (Å²) in [4.78, 5) is 24.8. The maximum Gasteiger partial charge on any atom is 0.251 e. The molecule has 10 heteroatoms. The van der Waals surface area contributed by atoms with E-state index in [2.05, 4.69) is 27.4 Å². The van der Waals surface area contributed by atoms with E-state index in [1.807, 2.05) is 11.5 Å². The molecule has 0 bridgehead atoms. The van der Waals surface area contributed by atoms with Crippen LogP contribution in [0.3, 0.4) is 0 Å². The van der Waals surface area contributed by atoms with Gasteiger partial charge in [-0.05, 0) is 55.0 Å². The number of allylic oxidation sites excluding steroid dienone is 1. The number of rotatable bonds is 11. The molecule has 2 N–H and O–H groups in total. The summed E-state index contributed by atoms with van der Waals surface area (Å²) >= 11 is 7.26. The highest BCUT2D eigenvalue weighted by Crippen LogP contribution is 2.21. The van der Waals surface area contributed by atoms with Gasteiger partial charge in [-0.1, -0.05) is 29.4 Å². The van der Waals surface area contributed by atoms with Crippen molar-refractivity contribution >= 4 is 40.9 Å². The van der Waals surface area contributed by atoms with Gasteiger partial charge in [0.15, 0.2) is 5.16 Å². The Morgan fingerprint density at radius 2 is 1.97 bits per heavy atom. The minimum absolute atomic E-state index is 0.156. The zero-order valence-corrected chi connectivity index (χ0v) is 20.6. The summed E-state index contributed by atoms with van der Waals surface area (Å²) in [5.74, 6) is 1.23. The average Bonchev–Trinajstić information content (AvgIpc) is 3.21. The largest absolute Gasteiger partial charge is 0.497 e. The Labute approximate surface area is 207 Å². The summed E-state index contributed by atoms with van der Waals surface area (Å²) in [5, 5.41) is 15.5. The number of carbonyl (C=O) groups is 2. The van der Waals surface area contributed by atoms with Gasteiger partial charge in [-0.2, -0.15) is 0 Å². The molecule has 0 aliphatic carbocycles. The molecule has 0 radical (unpaired) electrons. The highest BCUT2D eigenvalue weighted by molar-refractivity contribution is 7.99. The maximum absolute atomic E-state index is 12.4. The second-order valence-corrected chi connectivity index (χ2v) is 8.71. The van der Waals surface area contributed by atoms with Crippen LogP contribution in [0.1, 0.15) is 21.7 Å². The Bertz CT molecular complexity index is 1160. The molecule has 8 nitrogen and oxygen atoms in total. The number of carbonyl (C=O) groups excluding carboxylic acids is 2. The summed E-state index contributed by atoms with van der Waals surface area (Å²) in [6.45, 7) is 6.56. The maximum atomic E-state index is 12.4. The Hall–Kier alpha value is -3.30. The van der Waals surface area contributed by atoms with Gasteiger partial charge < -0.3 is 19.9 Å². The SMILES string of the molecule is C=CCn1c(CCNC(=O)c2ccc(OC)cc2)nnc1SCC(=O)Nc1ccc(Cl)cc1C. The molecule has 34 heavy (non-hydrogen) atoms. The molecular weight excluding hydrogens is 474 g/mol. The number of benzene rings is 2. The van der Waals surface area contributed by atoms with Crippen LogP contribution >= 0.6 is 23.4 Å². The smallest absolute Gasteiger partial charge is 0.251 e. The molecule has 0 saturated carbocycles. The van der Waals surface area contributed by atoms with Crippen molar-refractivity contribution in [2.24, 2.45) is 0 Å². The molecule has 0 fully saturated rings. The van der Waals surface area contributed by atoms with Gasteiger partial charge in [0.1, 0.15) is 11.6 Å². The lowest BCUT2D eigenvalue weighted by Crippen LogP contribution is -2.26. The minimum Gasteiger partial charge on any atom is -0.497 e. The topological polar surface area (TPSA) is 98.1 Å². The molecule has 0 aliphatic rings. The van der Waals surface area contributed by atoms with E-state index < -0.39 is 0 Å². The van der Waals surface area contributed by atoms with Gasteiger partial charge in [0.05, 0.1) is 12.9 Å². The predicted octanol–water partition coefficient (Wildman–Crippen LogP) is 4.14. The van der Waals surface area contributed by atoms with Gasteiger partial charge in [0.2, 0.25) is 5.91 Å². The van der Waals surface area contributed by atoms with Crippen molar-refractivity contribution < 1.29 is 14.3 Å². The zero-order valence-electron chi connectivity index (χ0n) is 19.0. The van der Waals surface area contributed by atoms with Gasteiger partial charge >= 0.3 is 0 Å². The molecule has 1 heterocycles. The standard InChI is InChI=1S/C24H26ClN5O3S/c1-4-13-30-21(11-12-26-23(32)17-5-8-19(33-3)9-6-17)28-29-24(30)34-15-22(31)27-20-10-7-18(25)14-16(20)2/h4-10,14H,1,11-13,15H2,2-3H3,(H,26,32)(H,27,31). The highest BCUT2D eigenvalue weighted by Gasteiger charge is 2.15. The summed E-state index contributed by atoms with van der Waals surface area (Å²) in [7, 11) is 1.58. The Morgan fingerprint density at radius 3 is 2.65 bits per heavy atom. The van der Waals surface area contributed by atoms with Crippen molar-refractivity contribution in [3.63, 3.8) is 0 Å². The molecule has 0 unspecified atom stereocenters. The van der Waals surface area contributed by atoms with E-state index >= 15 is 0 Å². The fourth-order valence-corrected chi connectivity index (χ4v) is 4.13. The monoisotopic (exact) mass is 499 g/mol. The van der Waals surface area contributed by atoms with Crippen LogP contribution in [0.5, 0.6) is 5.75 Å². The van der Waals surface area contributed by atoms with Crippen molar-refractivity contribution in [1.82, 2.24) is 20.1 Å². The number of methoxy groups -OCH3 is 1. The van der Waals surface area contributed by atoms with Gasteiger partial charge in [0.25, 0.3) is 5.91 Å². The number of thioether (sulfide) groups is 1. The predicted molar refractivity (Wildman–Crippen MR) is 135 cm³/mol. The van der Waals surface area contributed by atoms with E-state index in [-0.39, 0.29) is 17.6 Å². The molecule has 0 aliphatic heterocycles.